The lowest BCUT2D eigenvalue weighted by molar-refractivity contribution is -0.189. The highest BCUT2D eigenvalue weighted by Crippen LogP contribution is 2.57. The van der Waals surface area contributed by atoms with E-state index in [9.17, 15) is 18.4 Å². The number of hydrogen-bond acceptors (Lipinski definition) is 3. The summed E-state index contributed by atoms with van der Waals surface area (Å²) >= 11 is 23.8. The topological polar surface area (TPSA) is 36.3 Å². The average molecular weight is 448 g/mol. The van der Waals surface area contributed by atoms with Gasteiger partial charge >= 0.3 is 6.18 Å². The smallest absolute Gasteiger partial charge is 0.380 e. The van der Waals surface area contributed by atoms with Crippen molar-refractivity contribution in [1.82, 2.24) is 4.90 Å². The van der Waals surface area contributed by atoms with Gasteiger partial charge in [-0.25, -0.2) is 0 Å². The number of nitrogens with zero attached hydrogens (tertiary/aromatic N) is 2. The minimum absolute atomic E-state index is 0.0260. The zero-order chi connectivity index (χ0) is 19.7. The summed E-state index contributed by atoms with van der Waals surface area (Å²) in [6, 6.07) is 4.92. The summed E-state index contributed by atoms with van der Waals surface area (Å²) in [6.45, 7) is 1.80. The van der Waals surface area contributed by atoms with E-state index in [-0.39, 0.29) is 28.8 Å². The molecule has 0 fully saturated rings. The standard InChI is InChI=1S/C16H13Cl4F3N2O/c1-2-26-6-5-25-13(9-3-4-11(17)12(18)7-9)10(8-24)14(19)15(25,20)16(21,22)23/h3-4,7,13H,2,5-6H2,1H3. The molecule has 26 heavy (non-hydrogen) atoms. The normalized spacial score (nSPS) is 24.2. The second kappa shape index (κ2) is 8.14. The van der Waals surface area contributed by atoms with Crippen LogP contribution in [-0.2, 0) is 4.74 Å². The third kappa shape index (κ3) is 3.66. The van der Waals surface area contributed by atoms with E-state index in [2.05, 4.69) is 0 Å². The quantitative estimate of drug-likeness (QED) is 0.320. The molecule has 142 valence electrons. The van der Waals surface area contributed by atoms with Gasteiger partial charge in [-0.15, -0.1) is 0 Å². The molecule has 2 atom stereocenters. The van der Waals surface area contributed by atoms with Gasteiger partial charge in [0.15, 0.2) is 0 Å². The number of hydrogen-bond donors (Lipinski definition) is 0. The summed E-state index contributed by atoms with van der Waals surface area (Å²) < 4.78 is 46.6. The second-order valence-corrected chi connectivity index (χ2v) is 7.17. The Morgan fingerprint density at radius 1 is 1.27 bits per heavy atom. The van der Waals surface area contributed by atoms with Crippen LogP contribution in [0.25, 0.3) is 0 Å². The van der Waals surface area contributed by atoms with Crippen LogP contribution in [0.3, 0.4) is 0 Å². The van der Waals surface area contributed by atoms with E-state index in [1.165, 1.54) is 18.2 Å². The zero-order valence-electron chi connectivity index (χ0n) is 13.4. The molecule has 1 aliphatic rings. The van der Waals surface area contributed by atoms with Gasteiger partial charge in [0.1, 0.15) is 0 Å². The average Bonchev–Trinajstić information content (AvgIpc) is 2.79. The minimum Gasteiger partial charge on any atom is -0.380 e. The summed E-state index contributed by atoms with van der Waals surface area (Å²) in [5.41, 5.74) is 0.0197. The summed E-state index contributed by atoms with van der Waals surface area (Å²) in [5, 5.41) is 9.04. The highest BCUT2D eigenvalue weighted by molar-refractivity contribution is 6.42. The van der Waals surface area contributed by atoms with Gasteiger partial charge in [0, 0.05) is 13.2 Å². The molecule has 0 amide bonds. The molecule has 3 nitrogen and oxygen atoms in total. The Balaban J connectivity index is 2.61. The predicted octanol–water partition coefficient (Wildman–Crippen LogP) is 5.90. The van der Waals surface area contributed by atoms with Crippen LogP contribution in [0.5, 0.6) is 0 Å². The highest BCUT2D eigenvalue weighted by Gasteiger charge is 2.66. The number of halogens is 7. The molecule has 1 aliphatic heterocycles. The lowest BCUT2D eigenvalue weighted by Gasteiger charge is -2.38. The van der Waals surface area contributed by atoms with E-state index in [1.807, 2.05) is 0 Å². The van der Waals surface area contributed by atoms with Gasteiger partial charge in [-0.1, -0.05) is 52.5 Å². The molecular formula is C16H13Cl4F3N2O. The van der Waals surface area contributed by atoms with Gasteiger partial charge in [-0.05, 0) is 24.6 Å². The van der Waals surface area contributed by atoms with E-state index in [1.54, 1.807) is 13.0 Å². The maximum atomic E-state index is 13.8. The van der Waals surface area contributed by atoms with Crippen molar-refractivity contribution in [2.45, 2.75) is 24.1 Å². The Morgan fingerprint density at radius 3 is 2.42 bits per heavy atom. The monoisotopic (exact) mass is 446 g/mol. The molecule has 1 aromatic rings. The van der Waals surface area contributed by atoms with Crippen molar-refractivity contribution in [3.63, 3.8) is 0 Å². The van der Waals surface area contributed by atoms with E-state index in [0.29, 0.717) is 12.2 Å². The van der Waals surface area contributed by atoms with Crippen molar-refractivity contribution in [1.29, 1.82) is 5.26 Å². The third-order valence-electron chi connectivity index (χ3n) is 3.94. The Hall–Kier alpha value is -0.680. The molecule has 0 N–H and O–H groups in total. The fraction of sp³-hybridized carbons (Fsp3) is 0.438. The molecule has 0 bridgehead atoms. The van der Waals surface area contributed by atoms with Crippen LogP contribution in [0.2, 0.25) is 10.0 Å². The SMILES string of the molecule is CCOCCN1C(c2ccc(Cl)c(Cl)c2)C(C#N)=C(Cl)C1(Cl)C(F)(F)F. The fourth-order valence-corrected chi connectivity index (χ4v) is 3.73. The molecule has 0 radical (unpaired) electrons. The lowest BCUT2D eigenvalue weighted by atomic mass is 10.0. The lowest BCUT2D eigenvalue weighted by Crippen LogP contribution is -2.53. The summed E-state index contributed by atoms with van der Waals surface area (Å²) in [5.74, 6) is 0. The first-order valence-corrected chi connectivity index (χ1v) is 8.96. The van der Waals surface area contributed by atoms with Gasteiger partial charge in [0.25, 0.3) is 0 Å². The predicted molar refractivity (Wildman–Crippen MR) is 95.5 cm³/mol. The Morgan fingerprint density at radius 2 is 1.92 bits per heavy atom. The van der Waals surface area contributed by atoms with Crippen LogP contribution < -0.4 is 0 Å². The molecule has 1 aromatic carbocycles. The summed E-state index contributed by atoms with van der Waals surface area (Å²) in [6.07, 6.45) is -4.93. The maximum Gasteiger partial charge on any atom is 0.426 e. The molecule has 2 unspecified atom stereocenters. The number of ether oxygens (including phenoxy) is 1. The summed E-state index contributed by atoms with van der Waals surface area (Å²) in [7, 11) is 0. The molecule has 0 aliphatic carbocycles. The van der Waals surface area contributed by atoms with E-state index < -0.39 is 22.2 Å². The van der Waals surface area contributed by atoms with Crippen molar-refractivity contribution >= 4 is 46.4 Å². The van der Waals surface area contributed by atoms with E-state index in [0.717, 1.165) is 4.90 Å². The molecule has 1 heterocycles. The first-order valence-electron chi connectivity index (χ1n) is 7.44. The molecule has 0 aromatic heterocycles. The summed E-state index contributed by atoms with van der Waals surface area (Å²) in [4.78, 5) is -2.14. The molecule has 0 saturated heterocycles. The first-order chi connectivity index (χ1) is 12.1. The highest BCUT2D eigenvalue weighted by atomic mass is 35.5. The van der Waals surface area contributed by atoms with Crippen LogP contribution in [-0.4, -0.2) is 35.8 Å². The maximum absolute atomic E-state index is 13.8. The van der Waals surface area contributed by atoms with Gasteiger partial charge in [-0.3, -0.25) is 4.90 Å². The Labute approximate surface area is 168 Å². The van der Waals surface area contributed by atoms with E-state index >= 15 is 0 Å². The van der Waals surface area contributed by atoms with Crippen molar-refractivity contribution in [2.75, 3.05) is 19.8 Å². The van der Waals surface area contributed by atoms with Gasteiger partial charge < -0.3 is 4.74 Å². The largest absolute Gasteiger partial charge is 0.426 e. The molecule has 2 rings (SSSR count). The van der Waals surface area contributed by atoms with Crippen molar-refractivity contribution < 1.29 is 17.9 Å². The van der Waals surface area contributed by atoms with Gasteiger partial charge in [0.05, 0.1) is 39.4 Å². The van der Waals surface area contributed by atoms with Gasteiger partial charge in [-0.2, -0.15) is 18.4 Å². The second-order valence-electron chi connectivity index (χ2n) is 5.43. The number of nitriles is 1. The third-order valence-corrected chi connectivity index (χ3v) is 5.88. The Bertz CT molecular complexity index is 763. The molecule has 0 spiro atoms. The van der Waals surface area contributed by atoms with E-state index in [4.69, 9.17) is 51.1 Å². The molecule has 10 heteroatoms. The number of rotatable bonds is 5. The number of benzene rings is 1. The molecular weight excluding hydrogens is 435 g/mol. The Kier molecular flexibility index (Phi) is 6.76. The first kappa shape index (κ1) is 21.6. The van der Waals surface area contributed by atoms with Crippen LogP contribution >= 0.6 is 46.4 Å². The van der Waals surface area contributed by atoms with Crippen LogP contribution in [0.4, 0.5) is 13.2 Å². The van der Waals surface area contributed by atoms with Crippen molar-refractivity contribution in [3.8, 4) is 6.07 Å². The van der Waals surface area contributed by atoms with Crippen molar-refractivity contribution in [2.24, 2.45) is 0 Å². The molecule has 0 saturated carbocycles. The van der Waals surface area contributed by atoms with Crippen molar-refractivity contribution in [3.05, 3.63) is 44.4 Å². The van der Waals surface area contributed by atoms with Crippen LogP contribution in [0.15, 0.2) is 28.8 Å². The number of alkyl halides is 4. The van der Waals surface area contributed by atoms with Crippen LogP contribution in [0.1, 0.15) is 18.5 Å². The van der Waals surface area contributed by atoms with Gasteiger partial charge in [0.2, 0.25) is 5.00 Å². The zero-order valence-corrected chi connectivity index (χ0v) is 16.4. The fourth-order valence-electron chi connectivity index (χ4n) is 2.78. The van der Waals surface area contributed by atoms with Crippen LogP contribution in [0, 0.1) is 11.3 Å². The minimum atomic E-state index is -4.93.